The van der Waals surface area contributed by atoms with Gasteiger partial charge in [0.1, 0.15) is 5.01 Å². The van der Waals surface area contributed by atoms with Gasteiger partial charge in [0.25, 0.3) is 0 Å². The molecule has 0 bridgehead atoms. The Balaban J connectivity index is 0. The van der Waals surface area contributed by atoms with Gasteiger partial charge in [-0.15, -0.1) is 36.2 Å². The summed E-state index contributed by atoms with van der Waals surface area (Å²) in [5, 5.41) is 5.61. The molecule has 16 heavy (non-hydrogen) atoms. The van der Waals surface area contributed by atoms with E-state index >= 15 is 0 Å². The van der Waals surface area contributed by atoms with Crippen molar-refractivity contribution in [2.24, 2.45) is 5.73 Å². The summed E-state index contributed by atoms with van der Waals surface area (Å²) < 4.78 is 0. The van der Waals surface area contributed by atoms with Gasteiger partial charge in [-0.2, -0.15) is 0 Å². The predicted octanol–water partition coefficient (Wildman–Crippen LogP) is 1.69. The number of hydrogen-bond donors (Lipinski definition) is 2. The molecule has 1 rings (SSSR count). The first-order valence-corrected chi connectivity index (χ1v) is 5.29. The van der Waals surface area contributed by atoms with Gasteiger partial charge in [0.2, 0.25) is 5.91 Å². The van der Waals surface area contributed by atoms with Crippen molar-refractivity contribution in [2.45, 2.75) is 32.4 Å². The Hall–Kier alpha value is -0.360. The summed E-state index contributed by atoms with van der Waals surface area (Å²) in [4.78, 5) is 15.6. The highest BCUT2D eigenvalue weighted by Gasteiger charge is 2.26. The molecule has 1 heterocycles. The Morgan fingerprint density at radius 2 is 2.12 bits per heavy atom. The number of aromatic nitrogens is 1. The average Bonchev–Trinajstić information content (AvgIpc) is 2.54. The molecule has 0 aromatic carbocycles. The first-order chi connectivity index (χ1) is 6.43. The van der Waals surface area contributed by atoms with Crippen LogP contribution in [0.25, 0.3) is 0 Å². The molecule has 0 aliphatic carbocycles. The van der Waals surface area contributed by atoms with E-state index in [4.69, 9.17) is 5.73 Å². The molecule has 0 saturated heterocycles. The maximum atomic E-state index is 11.4. The van der Waals surface area contributed by atoms with Crippen LogP contribution in [0.3, 0.4) is 0 Å². The number of carbonyl (C=O) groups is 1. The third kappa shape index (κ3) is 4.65. The van der Waals surface area contributed by atoms with Gasteiger partial charge in [0, 0.05) is 11.6 Å². The van der Waals surface area contributed by atoms with Crippen LogP contribution < -0.4 is 11.1 Å². The molecule has 1 amide bonds. The summed E-state index contributed by atoms with van der Waals surface area (Å²) in [5.74, 6) is -0.162. The fourth-order valence-corrected chi connectivity index (χ4v) is 1.73. The zero-order chi connectivity index (χ0) is 10.8. The standard InChI is InChI=1S/C9H15N3OS.2ClH/c1-6(10)7(13)12-9(2,3)8-11-4-5-14-8;;/h4-6H,10H2,1-3H3,(H,12,13);2*1H/t6-;;/m0../s1. The molecule has 1 aromatic rings. The minimum Gasteiger partial charge on any atom is -0.343 e. The van der Waals surface area contributed by atoms with Gasteiger partial charge in [-0.3, -0.25) is 4.79 Å². The van der Waals surface area contributed by atoms with E-state index in [0.717, 1.165) is 5.01 Å². The molecule has 0 aliphatic heterocycles. The number of hydrogen-bond acceptors (Lipinski definition) is 4. The van der Waals surface area contributed by atoms with E-state index in [1.807, 2.05) is 19.2 Å². The summed E-state index contributed by atoms with van der Waals surface area (Å²) in [6.45, 7) is 5.48. The molecule has 94 valence electrons. The van der Waals surface area contributed by atoms with Crippen molar-refractivity contribution >= 4 is 42.1 Å². The first kappa shape index (κ1) is 18.0. The second-order valence-electron chi connectivity index (χ2n) is 3.74. The maximum absolute atomic E-state index is 11.4. The third-order valence-corrected chi connectivity index (χ3v) is 2.91. The van der Waals surface area contributed by atoms with Crippen molar-refractivity contribution in [3.8, 4) is 0 Å². The number of thiazole rings is 1. The lowest BCUT2D eigenvalue weighted by Gasteiger charge is -2.24. The predicted molar refractivity (Wildman–Crippen MR) is 71.4 cm³/mol. The molecular weight excluding hydrogens is 269 g/mol. The molecule has 3 N–H and O–H groups in total. The van der Waals surface area contributed by atoms with Crippen molar-refractivity contribution in [3.63, 3.8) is 0 Å². The summed E-state index contributed by atoms with van der Waals surface area (Å²) in [6, 6.07) is -0.491. The molecule has 0 fully saturated rings. The number of rotatable bonds is 3. The SMILES string of the molecule is C[C@H](N)C(=O)NC(C)(C)c1nccs1.Cl.Cl. The van der Waals surface area contributed by atoms with Crippen LogP contribution in [0.15, 0.2) is 11.6 Å². The quantitative estimate of drug-likeness (QED) is 0.888. The van der Waals surface area contributed by atoms with Crippen molar-refractivity contribution in [1.29, 1.82) is 0 Å². The minimum atomic E-state index is -0.491. The zero-order valence-corrected chi connectivity index (χ0v) is 11.8. The van der Waals surface area contributed by atoms with Gasteiger partial charge < -0.3 is 11.1 Å². The molecule has 0 unspecified atom stereocenters. The summed E-state index contributed by atoms with van der Waals surface area (Å²) in [5.41, 5.74) is 5.02. The number of carbonyl (C=O) groups excluding carboxylic acids is 1. The molecule has 1 atom stereocenters. The Morgan fingerprint density at radius 1 is 1.56 bits per heavy atom. The van der Waals surface area contributed by atoms with Gasteiger partial charge in [0.05, 0.1) is 11.6 Å². The van der Waals surface area contributed by atoms with E-state index in [2.05, 4.69) is 10.3 Å². The Kier molecular flexibility index (Phi) is 7.95. The highest BCUT2D eigenvalue weighted by atomic mass is 35.5. The van der Waals surface area contributed by atoms with E-state index in [0.29, 0.717) is 0 Å². The number of halogens is 2. The van der Waals surface area contributed by atoms with Gasteiger partial charge in [-0.05, 0) is 20.8 Å². The second kappa shape index (κ2) is 7.06. The van der Waals surface area contributed by atoms with E-state index < -0.39 is 11.6 Å². The third-order valence-electron chi connectivity index (χ3n) is 1.82. The Labute approximate surface area is 112 Å². The molecule has 0 aliphatic rings. The van der Waals surface area contributed by atoms with Crippen LogP contribution in [0.1, 0.15) is 25.8 Å². The van der Waals surface area contributed by atoms with Crippen LogP contribution >= 0.6 is 36.2 Å². The lowest BCUT2D eigenvalue weighted by molar-refractivity contribution is -0.123. The van der Waals surface area contributed by atoms with Crippen LogP contribution in [0.4, 0.5) is 0 Å². The molecule has 0 radical (unpaired) electrons. The lowest BCUT2D eigenvalue weighted by Crippen LogP contribution is -2.47. The second-order valence-corrected chi connectivity index (χ2v) is 4.63. The van der Waals surface area contributed by atoms with Crippen molar-refractivity contribution in [1.82, 2.24) is 10.3 Å². The smallest absolute Gasteiger partial charge is 0.237 e. The number of nitrogens with two attached hydrogens (primary N) is 1. The van der Waals surface area contributed by atoms with Gasteiger partial charge in [0.15, 0.2) is 0 Å². The van der Waals surface area contributed by atoms with Crippen molar-refractivity contribution in [2.75, 3.05) is 0 Å². The van der Waals surface area contributed by atoms with E-state index in [1.165, 1.54) is 11.3 Å². The van der Waals surface area contributed by atoms with Crippen molar-refractivity contribution in [3.05, 3.63) is 16.6 Å². The Morgan fingerprint density at radius 3 is 2.50 bits per heavy atom. The van der Waals surface area contributed by atoms with E-state index in [1.54, 1.807) is 13.1 Å². The van der Waals surface area contributed by atoms with Gasteiger partial charge in [-0.25, -0.2) is 4.98 Å². The maximum Gasteiger partial charge on any atom is 0.237 e. The highest BCUT2D eigenvalue weighted by molar-refractivity contribution is 7.09. The summed E-state index contributed by atoms with van der Waals surface area (Å²) in [7, 11) is 0. The number of nitrogens with zero attached hydrogens (tertiary/aromatic N) is 1. The van der Waals surface area contributed by atoms with Crippen LogP contribution in [-0.2, 0) is 10.3 Å². The molecule has 0 spiro atoms. The van der Waals surface area contributed by atoms with Gasteiger partial charge in [-0.1, -0.05) is 0 Å². The zero-order valence-electron chi connectivity index (χ0n) is 9.39. The monoisotopic (exact) mass is 285 g/mol. The Bertz CT molecular complexity index is 315. The van der Waals surface area contributed by atoms with Gasteiger partial charge >= 0.3 is 0 Å². The number of nitrogens with one attached hydrogen (secondary N) is 1. The average molecular weight is 286 g/mol. The minimum absolute atomic E-state index is 0. The van der Waals surface area contributed by atoms with Crippen LogP contribution in [0, 0.1) is 0 Å². The summed E-state index contributed by atoms with van der Waals surface area (Å²) >= 11 is 1.52. The highest BCUT2D eigenvalue weighted by Crippen LogP contribution is 2.21. The first-order valence-electron chi connectivity index (χ1n) is 4.41. The lowest BCUT2D eigenvalue weighted by atomic mass is 10.1. The molecule has 4 nitrogen and oxygen atoms in total. The van der Waals surface area contributed by atoms with Crippen LogP contribution in [0.2, 0.25) is 0 Å². The topological polar surface area (TPSA) is 68.0 Å². The summed E-state index contributed by atoms with van der Waals surface area (Å²) in [6.07, 6.45) is 1.72. The van der Waals surface area contributed by atoms with Crippen molar-refractivity contribution < 1.29 is 4.79 Å². The fourth-order valence-electron chi connectivity index (χ4n) is 1.01. The van der Waals surface area contributed by atoms with E-state index in [-0.39, 0.29) is 30.7 Å². The molecular formula is C9H17Cl2N3OS. The fraction of sp³-hybridized carbons (Fsp3) is 0.556. The van der Waals surface area contributed by atoms with E-state index in [9.17, 15) is 4.79 Å². The molecule has 7 heteroatoms. The normalized spacial score (nSPS) is 12.0. The van der Waals surface area contributed by atoms with Crippen LogP contribution in [-0.4, -0.2) is 16.9 Å². The number of amides is 1. The largest absolute Gasteiger partial charge is 0.343 e. The van der Waals surface area contributed by atoms with Crippen LogP contribution in [0.5, 0.6) is 0 Å². The molecule has 1 aromatic heterocycles. The molecule has 0 saturated carbocycles.